The van der Waals surface area contributed by atoms with Crippen molar-refractivity contribution in [2.24, 2.45) is 5.92 Å². The van der Waals surface area contributed by atoms with E-state index in [1.807, 2.05) is 0 Å². The van der Waals surface area contributed by atoms with E-state index in [0.29, 0.717) is 6.61 Å². The van der Waals surface area contributed by atoms with Gasteiger partial charge in [-0.3, -0.25) is 0 Å². The molecule has 2 rings (SSSR count). The lowest BCUT2D eigenvalue weighted by molar-refractivity contribution is 0.111. The van der Waals surface area contributed by atoms with Crippen molar-refractivity contribution in [1.82, 2.24) is 0 Å². The molecule has 0 atom stereocenters. The zero-order valence-corrected chi connectivity index (χ0v) is 9.39. The normalized spacial score (nSPS) is 15.9. The Labute approximate surface area is 91.4 Å². The number of hydrogen-bond donors (Lipinski definition) is 0. The molecule has 0 amide bonds. The van der Waals surface area contributed by atoms with E-state index in [4.69, 9.17) is 4.74 Å². The Hall–Kier alpha value is -0.410. The summed E-state index contributed by atoms with van der Waals surface area (Å²) in [4.78, 5) is 0. The molecule has 0 aromatic heterocycles. The first kappa shape index (κ1) is 10.1. The highest BCUT2D eigenvalue weighted by atomic mass is 79.9. The smallest absolute Gasteiger partial charge is 0.124 e. The summed E-state index contributed by atoms with van der Waals surface area (Å²) < 4.78 is 19.0. The standard InChI is InChI=1S/C11H12BrFO/c12-11-5-10(13)4-3-9(11)7-14-6-8-1-2-8/h3-5,8H,1-2,6-7H2. The van der Waals surface area contributed by atoms with Crippen molar-refractivity contribution in [1.29, 1.82) is 0 Å². The minimum Gasteiger partial charge on any atom is -0.376 e. The number of rotatable bonds is 4. The van der Waals surface area contributed by atoms with Crippen molar-refractivity contribution >= 4 is 15.9 Å². The molecule has 0 spiro atoms. The highest BCUT2D eigenvalue weighted by Crippen LogP contribution is 2.29. The topological polar surface area (TPSA) is 9.23 Å². The van der Waals surface area contributed by atoms with Gasteiger partial charge in [0.05, 0.1) is 6.61 Å². The summed E-state index contributed by atoms with van der Waals surface area (Å²) in [5.74, 6) is 0.553. The van der Waals surface area contributed by atoms with Gasteiger partial charge in [0, 0.05) is 11.1 Å². The maximum atomic E-state index is 12.7. The van der Waals surface area contributed by atoms with E-state index in [1.54, 1.807) is 6.07 Å². The Bertz CT molecular complexity index is 323. The molecular formula is C11H12BrFO. The molecule has 76 valence electrons. The first-order chi connectivity index (χ1) is 6.75. The van der Waals surface area contributed by atoms with Gasteiger partial charge in [-0.05, 0) is 36.5 Å². The Morgan fingerprint density at radius 2 is 2.21 bits per heavy atom. The third kappa shape index (κ3) is 2.79. The Morgan fingerprint density at radius 1 is 1.43 bits per heavy atom. The summed E-state index contributed by atoms with van der Waals surface area (Å²) in [6.45, 7) is 1.40. The molecule has 1 aromatic rings. The number of ether oxygens (including phenoxy) is 1. The van der Waals surface area contributed by atoms with Crippen molar-refractivity contribution in [2.45, 2.75) is 19.4 Å². The van der Waals surface area contributed by atoms with Gasteiger partial charge in [0.15, 0.2) is 0 Å². The van der Waals surface area contributed by atoms with E-state index < -0.39 is 0 Å². The van der Waals surface area contributed by atoms with Crippen LogP contribution in [0.4, 0.5) is 4.39 Å². The van der Waals surface area contributed by atoms with Crippen LogP contribution in [0.15, 0.2) is 22.7 Å². The molecule has 1 aromatic carbocycles. The summed E-state index contributed by atoms with van der Waals surface area (Å²) in [5, 5.41) is 0. The van der Waals surface area contributed by atoms with Crippen molar-refractivity contribution < 1.29 is 9.13 Å². The second-order valence-corrected chi connectivity index (χ2v) is 4.55. The average molecular weight is 259 g/mol. The van der Waals surface area contributed by atoms with Crippen LogP contribution in [0.5, 0.6) is 0 Å². The van der Waals surface area contributed by atoms with Gasteiger partial charge < -0.3 is 4.74 Å². The Kier molecular flexibility index (Phi) is 3.19. The molecule has 1 fully saturated rings. The fourth-order valence-corrected chi connectivity index (χ4v) is 1.72. The van der Waals surface area contributed by atoms with Crippen LogP contribution < -0.4 is 0 Å². The predicted octanol–water partition coefficient (Wildman–Crippen LogP) is 3.51. The second-order valence-electron chi connectivity index (χ2n) is 3.69. The van der Waals surface area contributed by atoms with Crippen LogP contribution in [-0.2, 0) is 11.3 Å². The van der Waals surface area contributed by atoms with Gasteiger partial charge in [-0.1, -0.05) is 22.0 Å². The van der Waals surface area contributed by atoms with E-state index in [1.165, 1.54) is 25.0 Å². The van der Waals surface area contributed by atoms with Gasteiger partial charge in [-0.2, -0.15) is 0 Å². The van der Waals surface area contributed by atoms with Gasteiger partial charge in [-0.15, -0.1) is 0 Å². The van der Waals surface area contributed by atoms with Crippen LogP contribution in [0.1, 0.15) is 18.4 Å². The van der Waals surface area contributed by atoms with Crippen molar-refractivity contribution in [3.63, 3.8) is 0 Å². The van der Waals surface area contributed by atoms with Crippen LogP contribution in [0.2, 0.25) is 0 Å². The lowest BCUT2D eigenvalue weighted by Gasteiger charge is -2.05. The largest absolute Gasteiger partial charge is 0.376 e. The van der Waals surface area contributed by atoms with Crippen LogP contribution in [0, 0.1) is 11.7 Å². The molecule has 1 aliphatic rings. The highest BCUT2D eigenvalue weighted by Gasteiger charge is 2.21. The molecule has 0 heterocycles. The van der Waals surface area contributed by atoms with E-state index in [-0.39, 0.29) is 5.82 Å². The molecule has 0 aliphatic heterocycles. The quantitative estimate of drug-likeness (QED) is 0.803. The fourth-order valence-electron chi connectivity index (χ4n) is 1.26. The SMILES string of the molecule is Fc1ccc(COCC2CC2)c(Br)c1. The highest BCUT2D eigenvalue weighted by molar-refractivity contribution is 9.10. The number of hydrogen-bond acceptors (Lipinski definition) is 1. The molecule has 1 saturated carbocycles. The molecule has 0 saturated heterocycles. The summed E-state index contributed by atoms with van der Waals surface area (Å²) in [5.41, 5.74) is 1.01. The minimum absolute atomic E-state index is 0.220. The summed E-state index contributed by atoms with van der Waals surface area (Å²) >= 11 is 3.31. The maximum absolute atomic E-state index is 12.7. The molecule has 3 heteroatoms. The monoisotopic (exact) mass is 258 g/mol. The van der Waals surface area contributed by atoms with Gasteiger partial charge in [-0.25, -0.2) is 4.39 Å². The second kappa shape index (κ2) is 4.41. The van der Waals surface area contributed by atoms with Crippen molar-refractivity contribution in [2.75, 3.05) is 6.61 Å². The van der Waals surface area contributed by atoms with Crippen LogP contribution in [0.25, 0.3) is 0 Å². The van der Waals surface area contributed by atoms with Crippen LogP contribution in [-0.4, -0.2) is 6.61 Å². The molecule has 1 nitrogen and oxygen atoms in total. The van der Waals surface area contributed by atoms with Gasteiger partial charge in [0.25, 0.3) is 0 Å². The van der Waals surface area contributed by atoms with Crippen LogP contribution >= 0.6 is 15.9 Å². The Balaban J connectivity index is 1.87. The Morgan fingerprint density at radius 3 is 2.86 bits per heavy atom. The van der Waals surface area contributed by atoms with E-state index in [2.05, 4.69) is 15.9 Å². The average Bonchev–Trinajstić information content (AvgIpc) is 2.92. The van der Waals surface area contributed by atoms with E-state index in [0.717, 1.165) is 22.6 Å². The maximum Gasteiger partial charge on any atom is 0.124 e. The third-order valence-electron chi connectivity index (χ3n) is 2.32. The molecule has 0 bridgehead atoms. The zero-order chi connectivity index (χ0) is 9.97. The zero-order valence-electron chi connectivity index (χ0n) is 7.80. The van der Waals surface area contributed by atoms with Gasteiger partial charge in [0.1, 0.15) is 5.82 Å². The molecule has 0 N–H and O–H groups in total. The number of halogens is 2. The molecule has 0 unspecified atom stereocenters. The lowest BCUT2D eigenvalue weighted by atomic mass is 10.2. The van der Waals surface area contributed by atoms with E-state index in [9.17, 15) is 4.39 Å². The predicted molar refractivity (Wildman–Crippen MR) is 56.5 cm³/mol. The fraction of sp³-hybridized carbons (Fsp3) is 0.455. The van der Waals surface area contributed by atoms with Crippen LogP contribution in [0.3, 0.4) is 0 Å². The van der Waals surface area contributed by atoms with Gasteiger partial charge >= 0.3 is 0 Å². The third-order valence-corrected chi connectivity index (χ3v) is 3.06. The minimum atomic E-state index is -0.220. The number of benzene rings is 1. The molecule has 1 aliphatic carbocycles. The lowest BCUT2D eigenvalue weighted by Crippen LogP contribution is -1.97. The van der Waals surface area contributed by atoms with Crippen molar-refractivity contribution in [3.05, 3.63) is 34.1 Å². The van der Waals surface area contributed by atoms with E-state index >= 15 is 0 Å². The van der Waals surface area contributed by atoms with Gasteiger partial charge in [0.2, 0.25) is 0 Å². The molecular weight excluding hydrogens is 247 g/mol. The first-order valence-corrected chi connectivity index (χ1v) is 5.56. The summed E-state index contributed by atoms with van der Waals surface area (Å²) in [7, 11) is 0. The summed E-state index contributed by atoms with van der Waals surface area (Å²) in [6.07, 6.45) is 2.59. The summed E-state index contributed by atoms with van der Waals surface area (Å²) in [6, 6.07) is 4.68. The van der Waals surface area contributed by atoms with Crippen molar-refractivity contribution in [3.8, 4) is 0 Å². The molecule has 0 radical (unpaired) electrons. The first-order valence-electron chi connectivity index (χ1n) is 4.77. The molecule has 14 heavy (non-hydrogen) atoms.